The van der Waals surface area contributed by atoms with Gasteiger partial charge in [-0.05, 0) is 19.1 Å². The zero-order valence-electron chi connectivity index (χ0n) is 12.7. The maximum atomic E-state index is 12.7. The van der Waals surface area contributed by atoms with Crippen LogP contribution in [0, 0.1) is 0 Å². The maximum absolute atomic E-state index is 12.7. The normalized spacial score (nSPS) is 12.7. The van der Waals surface area contributed by atoms with E-state index >= 15 is 0 Å². The number of fused-ring (bicyclic) bond motifs is 2. The van der Waals surface area contributed by atoms with Crippen LogP contribution in [0.15, 0.2) is 36.4 Å². The molecule has 1 N–H and O–H groups in total. The number of phenols is 1. The van der Waals surface area contributed by atoms with Crippen molar-refractivity contribution in [1.82, 2.24) is 0 Å². The molecular formula is C18H16O5. The van der Waals surface area contributed by atoms with Gasteiger partial charge in [0, 0.05) is 17.7 Å². The Morgan fingerprint density at radius 2 is 1.57 bits per heavy atom. The van der Waals surface area contributed by atoms with Crippen molar-refractivity contribution in [3.05, 3.63) is 58.7 Å². The molecule has 0 saturated heterocycles. The van der Waals surface area contributed by atoms with Crippen LogP contribution in [0.3, 0.4) is 0 Å². The minimum Gasteiger partial charge on any atom is -0.507 e. The standard InChI is InChI=1S/C18H16O5/c1-2-22-9-10-23-14-8-7-13(19)15-16(14)18(21)12-6-4-3-5-11(12)17(15)20/h3-8,19H,2,9-10H2,1H3. The van der Waals surface area contributed by atoms with Crippen molar-refractivity contribution in [2.75, 3.05) is 19.8 Å². The zero-order chi connectivity index (χ0) is 16.4. The van der Waals surface area contributed by atoms with Gasteiger partial charge < -0.3 is 14.6 Å². The molecule has 0 unspecified atom stereocenters. The van der Waals surface area contributed by atoms with Gasteiger partial charge in [-0.2, -0.15) is 0 Å². The third-order valence-corrected chi connectivity index (χ3v) is 3.70. The first-order chi connectivity index (χ1) is 11.1. The molecule has 0 amide bonds. The van der Waals surface area contributed by atoms with Gasteiger partial charge >= 0.3 is 0 Å². The van der Waals surface area contributed by atoms with Crippen LogP contribution in [0.2, 0.25) is 0 Å². The summed E-state index contributed by atoms with van der Waals surface area (Å²) in [5, 5.41) is 10.1. The van der Waals surface area contributed by atoms with Gasteiger partial charge in [0.15, 0.2) is 11.6 Å². The first-order valence-electron chi connectivity index (χ1n) is 7.40. The van der Waals surface area contributed by atoms with E-state index in [-0.39, 0.29) is 40.8 Å². The van der Waals surface area contributed by atoms with Crippen molar-refractivity contribution in [1.29, 1.82) is 0 Å². The SMILES string of the molecule is CCOCCOc1ccc(O)c2c1C(=O)c1ccccc1C2=O. The molecule has 5 nitrogen and oxygen atoms in total. The number of carbonyl (C=O) groups excluding carboxylic acids is 2. The Morgan fingerprint density at radius 1 is 0.913 bits per heavy atom. The third-order valence-electron chi connectivity index (χ3n) is 3.70. The summed E-state index contributed by atoms with van der Waals surface area (Å²) in [6.45, 7) is 3.09. The van der Waals surface area contributed by atoms with E-state index in [1.807, 2.05) is 6.92 Å². The molecule has 0 radical (unpaired) electrons. The number of aromatic hydroxyl groups is 1. The quantitative estimate of drug-likeness (QED) is 0.733. The molecule has 1 aliphatic rings. The molecule has 0 spiro atoms. The highest BCUT2D eigenvalue weighted by molar-refractivity contribution is 6.30. The summed E-state index contributed by atoms with van der Waals surface area (Å²) in [6, 6.07) is 9.45. The van der Waals surface area contributed by atoms with Crippen molar-refractivity contribution >= 4 is 11.6 Å². The molecule has 0 atom stereocenters. The molecule has 118 valence electrons. The number of ether oxygens (including phenoxy) is 2. The van der Waals surface area contributed by atoms with Crippen molar-refractivity contribution in [3.63, 3.8) is 0 Å². The fraction of sp³-hybridized carbons (Fsp3) is 0.222. The summed E-state index contributed by atoms with van der Waals surface area (Å²) in [5.41, 5.74) is 0.741. The number of hydrogen-bond acceptors (Lipinski definition) is 5. The van der Waals surface area contributed by atoms with Gasteiger partial charge in [-0.15, -0.1) is 0 Å². The van der Waals surface area contributed by atoms with Crippen molar-refractivity contribution < 1.29 is 24.2 Å². The number of ketones is 2. The smallest absolute Gasteiger partial charge is 0.198 e. The molecule has 0 saturated carbocycles. The summed E-state index contributed by atoms with van der Waals surface area (Å²) >= 11 is 0. The molecule has 0 bridgehead atoms. The average molecular weight is 312 g/mol. The van der Waals surface area contributed by atoms with Gasteiger partial charge in [-0.3, -0.25) is 9.59 Å². The number of benzene rings is 2. The van der Waals surface area contributed by atoms with Crippen LogP contribution in [0.25, 0.3) is 0 Å². The van der Waals surface area contributed by atoms with Crippen LogP contribution in [-0.4, -0.2) is 36.5 Å². The topological polar surface area (TPSA) is 72.8 Å². The van der Waals surface area contributed by atoms with E-state index in [2.05, 4.69) is 0 Å². The fourth-order valence-electron chi connectivity index (χ4n) is 2.65. The Hall–Kier alpha value is -2.66. The Labute approximate surface area is 133 Å². The van der Waals surface area contributed by atoms with E-state index in [1.165, 1.54) is 12.1 Å². The van der Waals surface area contributed by atoms with Gasteiger partial charge in [0.2, 0.25) is 0 Å². The van der Waals surface area contributed by atoms with Crippen LogP contribution in [0.5, 0.6) is 11.5 Å². The molecule has 0 aliphatic heterocycles. The summed E-state index contributed by atoms with van der Waals surface area (Å²) in [5.74, 6) is -0.629. The van der Waals surface area contributed by atoms with Gasteiger partial charge in [-0.25, -0.2) is 0 Å². The number of hydrogen-bond donors (Lipinski definition) is 1. The van der Waals surface area contributed by atoms with Crippen LogP contribution >= 0.6 is 0 Å². The van der Waals surface area contributed by atoms with E-state index in [0.29, 0.717) is 24.3 Å². The fourth-order valence-corrected chi connectivity index (χ4v) is 2.65. The number of rotatable bonds is 5. The molecule has 1 aliphatic carbocycles. The highest BCUT2D eigenvalue weighted by atomic mass is 16.5. The monoisotopic (exact) mass is 312 g/mol. The minimum absolute atomic E-state index is 0.00242. The second-order valence-corrected chi connectivity index (χ2v) is 5.08. The Balaban J connectivity index is 2.04. The van der Waals surface area contributed by atoms with Gasteiger partial charge in [0.25, 0.3) is 0 Å². The minimum atomic E-state index is -0.372. The molecule has 2 aromatic rings. The zero-order valence-corrected chi connectivity index (χ0v) is 12.7. The molecule has 5 heteroatoms. The first-order valence-corrected chi connectivity index (χ1v) is 7.40. The lowest BCUT2D eigenvalue weighted by Crippen LogP contribution is -2.22. The second-order valence-electron chi connectivity index (χ2n) is 5.08. The van der Waals surface area contributed by atoms with E-state index in [9.17, 15) is 14.7 Å². The molecule has 23 heavy (non-hydrogen) atoms. The van der Waals surface area contributed by atoms with E-state index < -0.39 is 0 Å². The maximum Gasteiger partial charge on any atom is 0.198 e. The Bertz CT molecular complexity index is 779. The van der Waals surface area contributed by atoms with Gasteiger partial charge in [0.05, 0.1) is 17.7 Å². The lowest BCUT2D eigenvalue weighted by molar-refractivity contribution is 0.0961. The summed E-state index contributed by atoms with van der Waals surface area (Å²) in [7, 11) is 0. The predicted molar refractivity (Wildman–Crippen MR) is 83.4 cm³/mol. The molecular weight excluding hydrogens is 296 g/mol. The highest BCUT2D eigenvalue weighted by Crippen LogP contribution is 2.37. The summed E-state index contributed by atoms with van der Waals surface area (Å²) in [6.07, 6.45) is 0. The van der Waals surface area contributed by atoms with E-state index in [0.717, 1.165) is 0 Å². The van der Waals surface area contributed by atoms with Crippen molar-refractivity contribution in [3.8, 4) is 11.5 Å². The Kier molecular flexibility index (Phi) is 4.12. The van der Waals surface area contributed by atoms with E-state index in [1.54, 1.807) is 24.3 Å². The lowest BCUT2D eigenvalue weighted by atomic mass is 9.83. The van der Waals surface area contributed by atoms with Gasteiger partial charge in [0.1, 0.15) is 18.1 Å². The van der Waals surface area contributed by atoms with Crippen molar-refractivity contribution in [2.24, 2.45) is 0 Å². The predicted octanol–water partition coefficient (Wildman–Crippen LogP) is 2.58. The van der Waals surface area contributed by atoms with Crippen molar-refractivity contribution in [2.45, 2.75) is 6.92 Å². The largest absolute Gasteiger partial charge is 0.507 e. The average Bonchev–Trinajstić information content (AvgIpc) is 2.57. The summed E-state index contributed by atoms with van der Waals surface area (Å²) < 4.78 is 10.8. The summed E-state index contributed by atoms with van der Waals surface area (Å²) in [4.78, 5) is 25.4. The lowest BCUT2D eigenvalue weighted by Gasteiger charge is -2.21. The van der Waals surface area contributed by atoms with Gasteiger partial charge in [-0.1, -0.05) is 24.3 Å². The van der Waals surface area contributed by atoms with E-state index in [4.69, 9.17) is 9.47 Å². The van der Waals surface area contributed by atoms with Crippen LogP contribution in [0.4, 0.5) is 0 Å². The van der Waals surface area contributed by atoms with Crippen LogP contribution in [-0.2, 0) is 4.74 Å². The second kappa shape index (κ2) is 6.22. The number of phenolic OH excluding ortho intramolecular Hbond substituents is 1. The van der Waals surface area contributed by atoms with Crippen LogP contribution in [0.1, 0.15) is 38.8 Å². The number of carbonyl (C=O) groups is 2. The Morgan fingerprint density at radius 3 is 2.22 bits per heavy atom. The highest BCUT2D eigenvalue weighted by Gasteiger charge is 2.34. The first kappa shape index (κ1) is 15.2. The molecule has 0 aromatic heterocycles. The molecule has 3 rings (SSSR count). The molecule has 2 aromatic carbocycles. The van der Waals surface area contributed by atoms with Crippen LogP contribution < -0.4 is 4.74 Å². The third kappa shape index (κ3) is 2.59. The molecule has 0 fully saturated rings. The molecule has 0 heterocycles.